The van der Waals surface area contributed by atoms with Crippen LogP contribution in [-0.4, -0.2) is 49.0 Å². The predicted octanol–water partition coefficient (Wildman–Crippen LogP) is 2.28. The van der Waals surface area contributed by atoms with Crippen molar-refractivity contribution in [1.82, 2.24) is 10.2 Å². The molecule has 26 heavy (non-hydrogen) atoms. The Hall–Kier alpha value is -2.93. The smallest absolute Gasteiger partial charge is 0.293 e. The second-order valence-electron chi connectivity index (χ2n) is 6.42. The Labute approximate surface area is 152 Å². The van der Waals surface area contributed by atoms with Crippen molar-refractivity contribution in [2.45, 2.75) is 6.54 Å². The van der Waals surface area contributed by atoms with E-state index in [1.54, 1.807) is 12.1 Å². The molecule has 7 heteroatoms. The van der Waals surface area contributed by atoms with E-state index in [0.29, 0.717) is 17.8 Å². The number of nitrogens with one attached hydrogen (secondary N) is 1. The lowest BCUT2D eigenvalue weighted by atomic mass is 10.1. The molecule has 0 atom stereocenters. The number of carbonyl (C=O) groups is 1. The van der Waals surface area contributed by atoms with Crippen molar-refractivity contribution in [2.24, 2.45) is 0 Å². The fourth-order valence-corrected chi connectivity index (χ4v) is 3.01. The molecule has 0 aromatic heterocycles. The third kappa shape index (κ3) is 4.18. The van der Waals surface area contributed by atoms with Crippen LogP contribution < -0.4 is 10.2 Å². The first-order valence-electron chi connectivity index (χ1n) is 8.58. The Morgan fingerprint density at radius 3 is 2.46 bits per heavy atom. The average Bonchev–Trinajstić information content (AvgIpc) is 2.67. The lowest BCUT2D eigenvalue weighted by molar-refractivity contribution is -0.384. The van der Waals surface area contributed by atoms with Crippen molar-refractivity contribution < 1.29 is 9.72 Å². The van der Waals surface area contributed by atoms with Crippen LogP contribution in [-0.2, 0) is 6.54 Å². The number of likely N-dealkylation sites (N-methyl/N-ethyl adjacent to an activating group) is 1. The fraction of sp³-hybridized carbons (Fsp3) is 0.316. The maximum Gasteiger partial charge on any atom is 0.293 e. The SMILES string of the molecule is CN1CCN(c2ccc(C(=O)NCc3ccccc3)cc2[N+](=O)[O-])CC1. The topological polar surface area (TPSA) is 78.7 Å². The Kier molecular flexibility index (Phi) is 5.48. The van der Waals surface area contributed by atoms with Crippen LogP contribution in [0.15, 0.2) is 48.5 Å². The molecule has 0 saturated carbocycles. The molecule has 1 amide bonds. The highest BCUT2D eigenvalue weighted by Gasteiger charge is 2.24. The van der Waals surface area contributed by atoms with E-state index in [9.17, 15) is 14.9 Å². The lowest BCUT2D eigenvalue weighted by Crippen LogP contribution is -2.44. The quantitative estimate of drug-likeness (QED) is 0.658. The summed E-state index contributed by atoms with van der Waals surface area (Å²) in [6.07, 6.45) is 0. The molecule has 2 aromatic carbocycles. The van der Waals surface area contributed by atoms with Crippen molar-refractivity contribution in [3.8, 4) is 0 Å². The number of amides is 1. The molecule has 136 valence electrons. The van der Waals surface area contributed by atoms with E-state index in [2.05, 4.69) is 10.2 Å². The molecule has 1 fully saturated rings. The van der Waals surface area contributed by atoms with Crippen molar-refractivity contribution in [3.63, 3.8) is 0 Å². The zero-order valence-electron chi connectivity index (χ0n) is 14.7. The number of rotatable bonds is 5. The van der Waals surface area contributed by atoms with E-state index in [0.717, 1.165) is 31.7 Å². The summed E-state index contributed by atoms with van der Waals surface area (Å²) in [7, 11) is 2.03. The highest BCUT2D eigenvalue weighted by Crippen LogP contribution is 2.30. The maximum absolute atomic E-state index is 12.4. The second-order valence-corrected chi connectivity index (χ2v) is 6.42. The van der Waals surface area contributed by atoms with Gasteiger partial charge in [0.2, 0.25) is 0 Å². The van der Waals surface area contributed by atoms with E-state index < -0.39 is 4.92 Å². The molecule has 7 nitrogen and oxygen atoms in total. The van der Waals surface area contributed by atoms with Gasteiger partial charge in [-0.2, -0.15) is 0 Å². The summed E-state index contributed by atoms with van der Waals surface area (Å²) < 4.78 is 0. The molecule has 1 aliphatic heterocycles. The molecular formula is C19H22N4O3. The van der Waals surface area contributed by atoms with Gasteiger partial charge >= 0.3 is 0 Å². The molecule has 2 aromatic rings. The van der Waals surface area contributed by atoms with Crippen molar-refractivity contribution in [2.75, 3.05) is 38.1 Å². The van der Waals surface area contributed by atoms with Gasteiger partial charge in [-0.3, -0.25) is 14.9 Å². The van der Waals surface area contributed by atoms with Gasteiger partial charge in [-0.15, -0.1) is 0 Å². The first-order chi connectivity index (χ1) is 12.5. The van der Waals surface area contributed by atoms with Gasteiger partial charge in [0, 0.05) is 44.4 Å². The van der Waals surface area contributed by atoms with Crippen LogP contribution in [0.1, 0.15) is 15.9 Å². The number of piperazine rings is 1. The second kappa shape index (κ2) is 7.97. The number of anilines is 1. The molecule has 0 bridgehead atoms. The number of carbonyl (C=O) groups excluding carboxylic acids is 1. The predicted molar refractivity (Wildman–Crippen MR) is 100 cm³/mol. The molecule has 0 spiro atoms. The van der Waals surface area contributed by atoms with Crippen LogP contribution in [0.3, 0.4) is 0 Å². The molecule has 1 heterocycles. The normalized spacial score (nSPS) is 14.9. The summed E-state index contributed by atoms with van der Waals surface area (Å²) >= 11 is 0. The fourth-order valence-electron chi connectivity index (χ4n) is 3.01. The van der Waals surface area contributed by atoms with Crippen molar-refractivity contribution in [3.05, 3.63) is 69.8 Å². The number of nitro benzene ring substituents is 1. The largest absolute Gasteiger partial charge is 0.363 e. The third-order valence-electron chi connectivity index (χ3n) is 4.57. The Bertz CT molecular complexity index is 787. The highest BCUT2D eigenvalue weighted by atomic mass is 16.6. The van der Waals surface area contributed by atoms with Crippen LogP contribution in [0, 0.1) is 10.1 Å². The van der Waals surface area contributed by atoms with Gasteiger partial charge in [0.1, 0.15) is 5.69 Å². The van der Waals surface area contributed by atoms with Gasteiger partial charge in [0.05, 0.1) is 4.92 Å². The molecule has 1 N–H and O–H groups in total. The molecule has 0 unspecified atom stereocenters. The monoisotopic (exact) mass is 354 g/mol. The minimum Gasteiger partial charge on any atom is -0.363 e. The minimum atomic E-state index is -0.415. The summed E-state index contributed by atoms with van der Waals surface area (Å²) in [5.74, 6) is -0.318. The van der Waals surface area contributed by atoms with E-state index >= 15 is 0 Å². The molecule has 3 rings (SSSR count). The molecule has 0 aliphatic carbocycles. The third-order valence-corrected chi connectivity index (χ3v) is 4.57. The van der Waals surface area contributed by atoms with E-state index in [1.807, 2.05) is 42.3 Å². The summed E-state index contributed by atoms with van der Waals surface area (Å²) in [4.78, 5) is 27.7. The Morgan fingerprint density at radius 2 is 1.81 bits per heavy atom. The maximum atomic E-state index is 12.4. The van der Waals surface area contributed by atoms with Gasteiger partial charge in [0.15, 0.2) is 0 Å². The Balaban J connectivity index is 1.75. The highest BCUT2D eigenvalue weighted by molar-refractivity contribution is 5.95. The average molecular weight is 354 g/mol. The van der Waals surface area contributed by atoms with Gasteiger partial charge < -0.3 is 15.1 Å². The van der Waals surface area contributed by atoms with Gasteiger partial charge in [-0.25, -0.2) is 0 Å². The van der Waals surface area contributed by atoms with Crippen LogP contribution in [0.2, 0.25) is 0 Å². The molecular weight excluding hydrogens is 332 g/mol. The summed E-state index contributed by atoms with van der Waals surface area (Å²) in [5, 5.41) is 14.3. The Morgan fingerprint density at radius 1 is 1.12 bits per heavy atom. The molecule has 0 radical (unpaired) electrons. The van der Waals surface area contributed by atoms with Gasteiger partial charge in [-0.05, 0) is 24.7 Å². The van der Waals surface area contributed by atoms with E-state index in [1.165, 1.54) is 6.07 Å². The zero-order valence-corrected chi connectivity index (χ0v) is 14.7. The van der Waals surface area contributed by atoms with Crippen LogP contribution in [0.4, 0.5) is 11.4 Å². The lowest BCUT2D eigenvalue weighted by Gasteiger charge is -2.33. The van der Waals surface area contributed by atoms with Crippen molar-refractivity contribution >= 4 is 17.3 Å². The van der Waals surface area contributed by atoms with Gasteiger partial charge in [0.25, 0.3) is 11.6 Å². The number of benzene rings is 2. The summed E-state index contributed by atoms with van der Waals surface area (Å²) in [6, 6.07) is 14.2. The molecule has 1 aliphatic rings. The standard InChI is InChI=1S/C19H22N4O3/c1-21-9-11-22(12-10-21)17-8-7-16(13-18(17)23(25)26)19(24)20-14-15-5-3-2-4-6-15/h2-8,13H,9-12,14H2,1H3,(H,20,24). The number of nitrogens with zero attached hydrogens (tertiary/aromatic N) is 3. The molecule has 1 saturated heterocycles. The summed E-state index contributed by atoms with van der Waals surface area (Å²) in [6.45, 7) is 3.56. The zero-order chi connectivity index (χ0) is 18.5. The van der Waals surface area contributed by atoms with E-state index in [4.69, 9.17) is 0 Å². The first kappa shape index (κ1) is 17.9. The first-order valence-corrected chi connectivity index (χ1v) is 8.58. The van der Waals surface area contributed by atoms with E-state index in [-0.39, 0.29) is 11.6 Å². The number of hydrogen-bond donors (Lipinski definition) is 1. The van der Waals surface area contributed by atoms with Crippen LogP contribution in [0.25, 0.3) is 0 Å². The summed E-state index contributed by atoms with van der Waals surface area (Å²) in [5.41, 5.74) is 1.82. The minimum absolute atomic E-state index is 0.0260. The number of hydrogen-bond acceptors (Lipinski definition) is 5. The number of nitro groups is 1. The van der Waals surface area contributed by atoms with Crippen LogP contribution >= 0.6 is 0 Å². The van der Waals surface area contributed by atoms with Crippen LogP contribution in [0.5, 0.6) is 0 Å². The van der Waals surface area contributed by atoms with Gasteiger partial charge in [-0.1, -0.05) is 30.3 Å². The van der Waals surface area contributed by atoms with Crippen molar-refractivity contribution in [1.29, 1.82) is 0 Å².